The van der Waals surface area contributed by atoms with Gasteiger partial charge in [-0.1, -0.05) is 13.0 Å². The molecule has 1 saturated heterocycles. The first-order valence-electron chi connectivity index (χ1n) is 8.78. The van der Waals surface area contributed by atoms with Gasteiger partial charge in [-0.3, -0.25) is 9.67 Å². The van der Waals surface area contributed by atoms with E-state index in [0.717, 1.165) is 17.4 Å². The van der Waals surface area contributed by atoms with Gasteiger partial charge in [-0.15, -0.1) is 0 Å². The Morgan fingerprint density at radius 2 is 1.77 bits per heavy atom. The summed E-state index contributed by atoms with van der Waals surface area (Å²) >= 11 is 0. The number of rotatable bonds is 5. The van der Waals surface area contributed by atoms with Crippen molar-refractivity contribution in [2.75, 3.05) is 0 Å². The number of alkyl halides is 2. The fraction of sp³-hybridized carbons (Fsp3) is 0.556. The van der Waals surface area contributed by atoms with Crippen LogP contribution in [0.4, 0.5) is 8.78 Å². The summed E-state index contributed by atoms with van der Waals surface area (Å²) in [6.45, 7) is 10.0. The third kappa shape index (κ3) is 3.40. The summed E-state index contributed by atoms with van der Waals surface area (Å²) in [5.41, 5.74) is 0.611. The molecule has 0 spiro atoms. The van der Waals surface area contributed by atoms with Gasteiger partial charge < -0.3 is 9.31 Å². The highest BCUT2D eigenvalue weighted by atomic mass is 19.3. The average molecular weight is 363 g/mol. The molecule has 1 aliphatic rings. The normalized spacial score (nSPS) is 19.9. The lowest BCUT2D eigenvalue weighted by Crippen LogP contribution is -2.41. The highest BCUT2D eigenvalue weighted by Gasteiger charge is 2.52. The van der Waals surface area contributed by atoms with E-state index in [4.69, 9.17) is 9.31 Å². The largest absolute Gasteiger partial charge is 0.498 e. The van der Waals surface area contributed by atoms with Crippen LogP contribution in [0.1, 0.15) is 64.8 Å². The van der Waals surface area contributed by atoms with E-state index in [1.807, 2.05) is 40.8 Å². The SMILES string of the molecule is CCC(c1ccc(C(F)F)nc1)n1cc(B2OC(C)(C)C(C)(C)O2)cn1. The van der Waals surface area contributed by atoms with E-state index in [1.54, 1.807) is 16.9 Å². The van der Waals surface area contributed by atoms with Gasteiger partial charge in [0.1, 0.15) is 5.69 Å². The maximum atomic E-state index is 12.7. The Hall–Kier alpha value is -1.80. The molecule has 3 heterocycles. The third-order valence-electron chi connectivity index (χ3n) is 5.27. The summed E-state index contributed by atoms with van der Waals surface area (Å²) < 4.78 is 39.3. The predicted molar refractivity (Wildman–Crippen MR) is 95.6 cm³/mol. The quantitative estimate of drug-likeness (QED) is 0.763. The molecule has 0 radical (unpaired) electrons. The molecule has 8 heteroatoms. The summed E-state index contributed by atoms with van der Waals surface area (Å²) in [5.74, 6) is 0. The maximum absolute atomic E-state index is 12.7. The minimum absolute atomic E-state index is 0.0922. The highest BCUT2D eigenvalue weighted by Crippen LogP contribution is 2.36. The molecule has 1 fully saturated rings. The van der Waals surface area contributed by atoms with E-state index >= 15 is 0 Å². The Morgan fingerprint density at radius 3 is 2.27 bits per heavy atom. The van der Waals surface area contributed by atoms with Gasteiger partial charge in [0.05, 0.1) is 17.2 Å². The Bertz CT molecular complexity index is 746. The van der Waals surface area contributed by atoms with Crippen LogP contribution >= 0.6 is 0 Å². The Labute approximate surface area is 152 Å². The summed E-state index contributed by atoms with van der Waals surface area (Å²) in [5, 5.41) is 4.44. The average Bonchev–Trinajstić information content (AvgIpc) is 3.12. The molecule has 2 aromatic heterocycles. The van der Waals surface area contributed by atoms with Crippen LogP contribution in [0.15, 0.2) is 30.7 Å². The smallest absolute Gasteiger partial charge is 0.399 e. The number of hydrogen-bond acceptors (Lipinski definition) is 4. The second-order valence-corrected chi connectivity index (χ2v) is 7.58. The van der Waals surface area contributed by atoms with Gasteiger partial charge in [-0.2, -0.15) is 5.10 Å². The molecule has 0 aliphatic carbocycles. The van der Waals surface area contributed by atoms with E-state index < -0.39 is 24.7 Å². The van der Waals surface area contributed by atoms with Crippen molar-refractivity contribution in [3.05, 3.63) is 42.0 Å². The van der Waals surface area contributed by atoms with Crippen LogP contribution in [0, 0.1) is 0 Å². The fourth-order valence-corrected chi connectivity index (χ4v) is 2.94. The molecule has 0 saturated carbocycles. The minimum Gasteiger partial charge on any atom is -0.399 e. The van der Waals surface area contributed by atoms with Gasteiger partial charge in [0.25, 0.3) is 6.43 Å². The molecule has 1 atom stereocenters. The van der Waals surface area contributed by atoms with Crippen molar-refractivity contribution in [3.63, 3.8) is 0 Å². The Morgan fingerprint density at radius 1 is 1.12 bits per heavy atom. The van der Waals surface area contributed by atoms with Crippen LogP contribution in [-0.2, 0) is 9.31 Å². The van der Waals surface area contributed by atoms with Crippen LogP contribution in [-0.4, -0.2) is 33.1 Å². The van der Waals surface area contributed by atoms with Gasteiger partial charge in [0, 0.05) is 24.1 Å². The van der Waals surface area contributed by atoms with Crippen molar-refractivity contribution in [3.8, 4) is 0 Å². The van der Waals surface area contributed by atoms with Gasteiger partial charge >= 0.3 is 7.12 Å². The first-order valence-corrected chi connectivity index (χ1v) is 8.78. The molecule has 0 aromatic carbocycles. The molecule has 140 valence electrons. The van der Waals surface area contributed by atoms with E-state index in [2.05, 4.69) is 10.1 Å². The first kappa shape index (κ1) is 19.0. The Kier molecular flexibility index (Phi) is 4.92. The van der Waals surface area contributed by atoms with Gasteiger partial charge in [0.15, 0.2) is 0 Å². The van der Waals surface area contributed by atoms with Crippen molar-refractivity contribution < 1.29 is 18.1 Å². The van der Waals surface area contributed by atoms with E-state index in [-0.39, 0.29) is 11.7 Å². The minimum atomic E-state index is -2.57. The van der Waals surface area contributed by atoms with E-state index in [9.17, 15) is 8.78 Å². The van der Waals surface area contributed by atoms with Crippen molar-refractivity contribution in [1.82, 2.24) is 14.8 Å². The van der Waals surface area contributed by atoms with Gasteiger partial charge in [-0.05, 0) is 45.7 Å². The molecule has 26 heavy (non-hydrogen) atoms. The van der Waals surface area contributed by atoms with Crippen molar-refractivity contribution in [2.24, 2.45) is 0 Å². The van der Waals surface area contributed by atoms with Crippen molar-refractivity contribution in [1.29, 1.82) is 0 Å². The lowest BCUT2D eigenvalue weighted by Gasteiger charge is -2.32. The summed E-state index contributed by atoms with van der Waals surface area (Å²) in [7, 11) is -0.481. The zero-order valence-corrected chi connectivity index (χ0v) is 15.7. The zero-order chi connectivity index (χ0) is 19.1. The molecule has 0 N–H and O–H groups in total. The van der Waals surface area contributed by atoms with E-state index in [1.165, 1.54) is 12.3 Å². The predicted octanol–water partition coefficient (Wildman–Crippen LogP) is 3.51. The van der Waals surface area contributed by atoms with Gasteiger partial charge in [-0.25, -0.2) is 8.78 Å². The summed E-state index contributed by atoms with van der Waals surface area (Å²) in [6, 6.07) is 2.95. The maximum Gasteiger partial charge on any atom is 0.498 e. The standard InChI is InChI=1S/C18H24BF2N3O2/c1-6-15(12-7-8-14(16(20)21)22-9-12)24-11-13(10-23-24)19-25-17(2,3)18(4,5)26-19/h7-11,15-16H,6H2,1-5H3. The van der Waals surface area contributed by atoms with Crippen LogP contribution in [0.3, 0.4) is 0 Å². The number of nitrogens with zero attached hydrogens (tertiary/aromatic N) is 3. The van der Waals surface area contributed by atoms with Gasteiger partial charge in [0.2, 0.25) is 0 Å². The molecule has 5 nitrogen and oxygen atoms in total. The summed E-state index contributed by atoms with van der Waals surface area (Å²) in [6.07, 6.45) is 3.29. The molecular formula is C18H24BF2N3O2. The molecule has 0 amide bonds. The molecule has 0 bridgehead atoms. The van der Waals surface area contributed by atoms with Crippen LogP contribution in [0.2, 0.25) is 0 Å². The third-order valence-corrected chi connectivity index (χ3v) is 5.27. The van der Waals surface area contributed by atoms with Crippen LogP contribution in [0.5, 0.6) is 0 Å². The second-order valence-electron chi connectivity index (χ2n) is 7.58. The summed E-state index contributed by atoms with van der Waals surface area (Å²) in [4.78, 5) is 3.85. The molecule has 1 unspecified atom stereocenters. The van der Waals surface area contributed by atoms with E-state index in [0.29, 0.717) is 0 Å². The number of pyridine rings is 1. The fourth-order valence-electron chi connectivity index (χ4n) is 2.94. The number of aromatic nitrogens is 3. The van der Waals surface area contributed by atoms with Crippen LogP contribution in [0.25, 0.3) is 0 Å². The first-order chi connectivity index (χ1) is 12.1. The van der Waals surface area contributed by atoms with Crippen LogP contribution < -0.4 is 5.46 Å². The molecule has 2 aromatic rings. The molecular weight excluding hydrogens is 339 g/mol. The zero-order valence-electron chi connectivity index (χ0n) is 15.7. The molecule has 3 rings (SSSR count). The van der Waals surface area contributed by atoms with Crippen molar-refractivity contribution >= 4 is 12.6 Å². The van der Waals surface area contributed by atoms with Crippen molar-refractivity contribution in [2.45, 2.75) is 64.7 Å². The Balaban J connectivity index is 1.82. The monoisotopic (exact) mass is 363 g/mol. The lowest BCUT2D eigenvalue weighted by molar-refractivity contribution is 0.00578. The molecule has 1 aliphatic heterocycles. The highest BCUT2D eigenvalue weighted by molar-refractivity contribution is 6.62. The topological polar surface area (TPSA) is 49.2 Å². The lowest BCUT2D eigenvalue weighted by atomic mass is 9.82. The number of halogens is 2. The second kappa shape index (κ2) is 6.74. The number of hydrogen-bond donors (Lipinski definition) is 0.